The number of imidazole rings is 1. The molecule has 1 fully saturated rings. The van der Waals surface area contributed by atoms with Gasteiger partial charge in [0.15, 0.2) is 5.11 Å². The Morgan fingerprint density at radius 3 is 2.59 bits per heavy atom. The van der Waals surface area contributed by atoms with Crippen LogP contribution in [0.4, 0.5) is 34.8 Å². The molecule has 0 atom stereocenters. The van der Waals surface area contributed by atoms with Crippen LogP contribution in [0.15, 0.2) is 61.2 Å². The average molecular weight is 582 g/mol. The van der Waals surface area contributed by atoms with E-state index in [1.54, 1.807) is 35.1 Å². The first kappa shape index (κ1) is 27.7. The van der Waals surface area contributed by atoms with Gasteiger partial charge in [-0.15, -0.1) is 4.98 Å². The molecule has 0 bridgehead atoms. The number of carbonyl (C=O) groups is 2. The van der Waals surface area contributed by atoms with Gasteiger partial charge in [0.25, 0.3) is 17.6 Å². The molecule has 4 aromatic rings. The number of amides is 2. The first-order valence-corrected chi connectivity index (χ1v) is 12.4. The molecule has 1 N–H and O–H groups in total. The molecule has 1 aliphatic heterocycles. The maximum absolute atomic E-state index is 15.2. The number of benzene rings is 1. The van der Waals surface area contributed by atoms with Crippen molar-refractivity contribution in [3.05, 3.63) is 95.1 Å². The summed E-state index contributed by atoms with van der Waals surface area (Å²) >= 11 is 5.47. The van der Waals surface area contributed by atoms with Crippen LogP contribution >= 0.6 is 12.2 Å². The van der Waals surface area contributed by atoms with E-state index in [4.69, 9.17) is 18.8 Å². The number of thiocarbonyl (C=S) groups is 1. The van der Waals surface area contributed by atoms with Crippen LogP contribution in [0.3, 0.4) is 0 Å². The van der Waals surface area contributed by atoms with Gasteiger partial charge in [0.05, 0.1) is 16.8 Å². The summed E-state index contributed by atoms with van der Waals surface area (Å²) in [6.45, 7) is 9.83. The molecule has 14 heteroatoms. The number of aromatic nitrogens is 3. The SMILES string of the molecule is [C-]#[N+]c1ncc(N2C(=O)C(C)(C)N(c3ccc(CNC(=O)c4ccc5nccn5c4)c(F)c3)C2=S)cc1C(F)(F)F. The van der Waals surface area contributed by atoms with E-state index in [1.165, 1.54) is 30.9 Å². The van der Waals surface area contributed by atoms with Crippen LogP contribution < -0.4 is 15.1 Å². The number of nitrogens with zero attached hydrogens (tertiary/aromatic N) is 6. The highest BCUT2D eigenvalue weighted by atomic mass is 32.1. The average Bonchev–Trinajstić information content (AvgIpc) is 3.46. The van der Waals surface area contributed by atoms with E-state index in [9.17, 15) is 22.8 Å². The van der Waals surface area contributed by atoms with Crippen LogP contribution in [0.2, 0.25) is 0 Å². The zero-order chi connectivity index (χ0) is 29.7. The van der Waals surface area contributed by atoms with E-state index in [2.05, 4.69) is 20.1 Å². The van der Waals surface area contributed by atoms with Gasteiger partial charge < -0.3 is 19.5 Å². The highest BCUT2D eigenvalue weighted by molar-refractivity contribution is 7.81. The van der Waals surface area contributed by atoms with Crippen molar-refractivity contribution in [1.82, 2.24) is 19.7 Å². The predicted octanol–water partition coefficient (Wildman–Crippen LogP) is 5.28. The van der Waals surface area contributed by atoms with E-state index in [0.29, 0.717) is 17.3 Å². The van der Waals surface area contributed by atoms with Crippen molar-refractivity contribution in [2.75, 3.05) is 9.80 Å². The molecule has 9 nitrogen and oxygen atoms in total. The number of hydrogen-bond donors (Lipinski definition) is 1. The monoisotopic (exact) mass is 581 g/mol. The fourth-order valence-corrected chi connectivity index (χ4v) is 5.00. The normalized spacial score (nSPS) is 15.0. The summed E-state index contributed by atoms with van der Waals surface area (Å²) in [4.78, 5) is 38.7. The Labute approximate surface area is 235 Å². The number of nitrogens with one attached hydrogen (secondary N) is 1. The second-order valence-electron chi connectivity index (χ2n) is 9.56. The Morgan fingerprint density at radius 2 is 1.90 bits per heavy atom. The molecule has 208 valence electrons. The van der Waals surface area contributed by atoms with Gasteiger partial charge in [0.1, 0.15) is 23.2 Å². The van der Waals surface area contributed by atoms with E-state index in [1.807, 2.05) is 0 Å². The lowest BCUT2D eigenvalue weighted by atomic mass is 10.0. The van der Waals surface area contributed by atoms with Gasteiger partial charge >= 0.3 is 6.18 Å². The maximum Gasteiger partial charge on any atom is 0.409 e. The highest BCUT2D eigenvalue weighted by Crippen LogP contribution is 2.41. The zero-order valence-corrected chi connectivity index (χ0v) is 22.2. The van der Waals surface area contributed by atoms with Crippen LogP contribution in [-0.2, 0) is 17.5 Å². The molecule has 41 heavy (non-hydrogen) atoms. The van der Waals surface area contributed by atoms with E-state index >= 15 is 4.39 Å². The van der Waals surface area contributed by atoms with Gasteiger partial charge in [0, 0.05) is 36.4 Å². The molecule has 4 heterocycles. The van der Waals surface area contributed by atoms with Gasteiger partial charge in [-0.1, -0.05) is 12.6 Å². The summed E-state index contributed by atoms with van der Waals surface area (Å²) in [5, 5.41) is 2.46. The van der Waals surface area contributed by atoms with Gasteiger partial charge in [-0.3, -0.25) is 14.5 Å². The molecule has 5 rings (SSSR count). The number of fused-ring (bicyclic) bond motifs is 1. The lowest BCUT2D eigenvalue weighted by molar-refractivity contribution is -0.137. The van der Waals surface area contributed by atoms with Crippen LogP contribution in [0.25, 0.3) is 10.5 Å². The van der Waals surface area contributed by atoms with Gasteiger partial charge in [-0.25, -0.2) is 9.37 Å². The molecular formula is C27H19F4N7O2S. The first-order chi connectivity index (χ1) is 19.3. The van der Waals surface area contributed by atoms with E-state index < -0.39 is 40.7 Å². The maximum atomic E-state index is 15.2. The van der Waals surface area contributed by atoms with Gasteiger partial charge in [-0.2, -0.15) is 13.2 Å². The second-order valence-corrected chi connectivity index (χ2v) is 9.93. The highest BCUT2D eigenvalue weighted by Gasteiger charge is 2.51. The van der Waals surface area contributed by atoms with Crippen molar-refractivity contribution < 1.29 is 27.2 Å². The quantitative estimate of drug-likeness (QED) is 0.196. The van der Waals surface area contributed by atoms with Crippen molar-refractivity contribution in [1.29, 1.82) is 0 Å². The zero-order valence-electron chi connectivity index (χ0n) is 21.4. The molecule has 0 unspecified atom stereocenters. The summed E-state index contributed by atoms with van der Waals surface area (Å²) in [5.74, 6) is -2.65. The molecule has 0 saturated carbocycles. The Bertz CT molecular complexity index is 1780. The lowest BCUT2D eigenvalue weighted by Crippen LogP contribution is -2.44. The van der Waals surface area contributed by atoms with Crippen LogP contribution in [0.1, 0.15) is 35.3 Å². The number of carbonyl (C=O) groups excluding carboxylic acids is 2. The fraction of sp³-hybridized carbons (Fsp3) is 0.185. The number of rotatable bonds is 5. The Morgan fingerprint density at radius 1 is 1.15 bits per heavy atom. The van der Waals surface area contributed by atoms with Crippen molar-refractivity contribution in [2.24, 2.45) is 0 Å². The molecule has 0 radical (unpaired) electrons. The van der Waals surface area contributed by atoms with Gasteiger partial charge in [-0.05, 0) is 56.4 Å². The largest absolute Gasteiger partial charge is 0.409 e. The third-order valence-corrected chi connectivity index (χ3v) is 6.94. The minimum Gasteiger partial charge on any atom is -0.360 e. The first-order valence-electron chi connectivity index (χ1n) is 12.0. The Balaban J connectivity index is 1.38. The minimum absolute atomic E-state index is 0.134. The smallest absolute Gasteiger partial charge is 0.360 e. The topological polar surface area (TPSA) is 87.2 Å². The van der Waals surface area contributed by atoms with Crippen LogP contribution in [0.5, 0.6) is 0 Å². The summed E-state index contributed by atoms with van der Waals surface area (Å²) in [5.41, 5.74) is -1.63. The number of halogens is 4. The molecule has 0 aliphatic carbocycles. The number of pyridine rings is 2. The summed E-state index contributed by atoms with van der Waals surface area (Å²) in [6, 6.07) is 7.96. The third kappa shape index (κ3) is 4.84. The standard InChI is InChI=1S/C27H19F4N7O2S/c1-26(2)24(40)37(18-10-19(27(29,30)31)22(32-3)34-13-18)25(41)38(26)17-6-4-15(20(28)11-17)12-35-23(39)16-5-7-21-33-8-9-36(21)14-16/h4-11,13-14H,12H2,1-2H3,(H,35,39). The molecule has 1 aromatic carbocycles. The summed E-state index contributed by atoms with van der Waals surface area (Å²) in [7, 11) is 0. The number of alkyl halides is 3. The molecule has 0 spiro atoms. The van der Waals surface area contributed by atoms with Crippen molar-refractivity contribution in [2.45, 2.75) is 32.1 Å². The Kier molecular flexibility index (Phi) is 6.70. The lowest BCUT2D eigenvalue weighted by Gasteiger charge is -2.29. The Hall–Kier alpha value is -4.90. The minimum atomic E-state index is -4.89. The molecule has 1 aliphatic rings. The predicted molar refractivity (Wildman–Crippen MR) is 145 cm³/mol. The number of anilines is 2. The molecule has 1 saturated heterocycles. The van der Waals surface area contributed by atoms with Crippen molar-refractivity contribution in [3.63, 3.8) is 0 Å². The summed E-state index contributed by atoms with van der Waals surface area (Å²) < 4.78 is 57.5. The van der Waals surface area contributed by atoms with Crippen molar-refractivity contribution >= 4 is 52.0 Å². The second kappa shape index (κ2) is 9.93. The summed E-state index contributed by atoms with van der Waals surface area (Å²) in [6.07, 6.45) is 0.954. The molecular weight excluding hydrogens is 562 g/mol. The van der Waals surface area contributed by atoms with E-state index in [0.717, 1.165) is 17.2 Å². The van der Waals surface area contributed by atoms with Crippen molar-refractivity contribution in [3.8, 4) is 0 Å². The molecule has 3 aromatic heterocycles. The van der Waals surface area contributed by atoms with E-state index in [-0.39, 0.29) is 28.6 Å². The van der Waals surface area contributed by atoms with Crippen LogP contribution in [-0.4, -0.2) is 36.8 Å². The van der Waals surface area contributed by atoms with Gasteiger partial charge in [0.2, 0.25) is 0 Å². The third-order valence-electron chi connectivity index (χ3n) is 6.57. The fourth-order valence-electron chi connectivity index (χ4n) is 4.47. The van der Waals surface area contributed by atoms with Crippen LogP contribution in [0, 0.1) is 12.4 Å². The molecule has 2 amide bonds. The number of hydrogen-bond acceptors (Lipinski definition) is 5.